The molecule has 3 aromatic carbocycles. The van der Waals surface area contributed by atoms with E-state index in [1.807, 2.05) is 48.5 Å². The van der Waals surface area contributed by atoms with Gasteiger partial charge in [0, 0.05) is 16.6 Å². The summed E-state index contributed by atoms with van der Waals surface area (Å²) in [6.07, 6.45) is 6.78. The van der Waals surface area contributed by atoms with E-state index in [4.69, 9.17) is 21.7 Å². The third kappa shape index (κ3) is 9.63. The van der Waals surface area contributed by atoms with Crippen LogP contribution in [0.25, 0.3) is 0 Å². The molecule has 0 unspecified atom stereocenters. The van der Waals surface area contributed by atoms with Gasteiger partial charge in [0.1, 0.15) is 11.5 Å². The maximum atomic E-state index is 13.0. The van der Waals surface area contributed by atoms with Gasteiger partial charge in [0.2, 0.25) is 0 Å². The molecule has 0 aliphatic rings. The largest absolute Gasteiger partial charge is 0.494 e. The number of ether oxygens (including phenoxy) is 2. The van der Waals surface area contributed by atoms with Crippen molar-refractivity contribution in [2.45, 2.75) is 45.4 Å². The van der Waals surface area contributed by atoms with Crippen LogP contribution in [0.5, 0.6) is 11.5 Å². The Morgan fingerprint density at radius 3 is 2.39 bits per heavy atom. The first-order valence-electron chi connectivity index (χ1n) is 12.4. The van der Waals surface area contributed by atoms with E-state index in [9.17, 15) is 4.79 Å². The molecule has 0 aliphatic carbocycles. The predicted octanol–water partition coefficient (Wildman–Crippen LogP) is 7.55. The molecule has 0 saturated heterocycles. The summed E-state index contributed by atoms with van der Waals surface area (Å²) < 4.78 is 12.5. The quantitative estimate of drug-likeness (QED) is 0.165. The predicted molar refractivity (Wildman–Crippen MR) is 154 cm³/mol. The standard InChI is InChI=1S/C29H33BrN2O3S/c1-2-3-4-5-9-19-34-25-15-13-24(14-16-25)31-29(36)32-28(33)26-21-23(30)12-17-27(26)35-20-18-22-10-7-6-8-11-22/h6-8,10-17,21H,2-5,9,18-20H2,1H3,(H2,31,32,33,36). The van der Waals surface area contributed by atoms with Crippen molar-refractivity contribution < 1.29 is 14.3 Å². The maximum absolute atomic E-state index is 13.0. The van der Waals surface area contributed by atoms with Crippen molar-refractivity contribution in [2.24, 2.45) is 0 Å². The molecular weight excluding hydrogens is 536 g/mol. The highest BCUT2D eigenvalue weighted by molar-refractivity contribution is 9.10. The zero-order valence-corrected chi connectivity index (χ0v) is 23.0. The van der Waals surface area contributed by atoms with Crippen LogP contribution in [0.1, 0.15) is 54.9 Å². The first kappa shape index (κ1) is 27.7. The van der Waals surface area contributed by atoms with Gasteiger partial charge in [-0.05, 0) is 66.7 Å². The zero-order valence-electron chi connectivity index (χ0n) is 20.6. The highest BCUT2D eigenvalue weighted by Gasteiger charge is 2.15. The average Bonchev–Trinajstić information content (AvgIpc) is 2.88. The molecule has 0 bridgehead atoms. The molecule has 0 aromatic heterocycles. The number of carbonyl (C=O) groups is 1. The molecule has 0 atom stereocenters. The number of hydrogen-bond donors (Lipinski definition) is 2. The lowest BCUT2D eigenvalue weighted by Gasteiger charge is -2.14. The second-order valence-corrected chi connectivity index (χ2v) is 9.74. The number of benzene rings is 3. The molecule has 36 heavy (non-hydrogen) atoms. The number of unbranched alkanes of at least 4 members (excludes halogenated alkanes) is 4. The van der Waals surface area contributed by atoms with E-state index in [0.717, 1.165) is 28.8 Å². The minimum Gasteiger partial charge on any atom is -0.494 e. The van der Waals surface area contributed by atoms with Gasteiger partial charge in [-0.25, -0.2) is 0 Å². The summed E-state index contributed by atoms with van der Waals surface area (Å²) in [5.41, 5.74) is 2.35. The lowest BCUT2D eigenvalue weighted by atomic mass is 10.1. The average molecular weight is 570 g/mol. The summed E-state index contributed by atoms with van der Waals surface area (Å²) in [6.45, 7) is 3.39. The highest BCUT2D eigenvalue weighted by Crippen LogP contribution is 2.24. The number of rotatable bonds is 13. The van der Waals surface area contributed by atoms with Crippen LogP contribution in [0.15, 0.2) is 77.3 Å². The molecule has 2 N–H and O–H groups in total. The minimum absolute atomic E-state index is 0.208. The van der Waals surface area contributed by atoms with Crippen LogP contribution in [0.2, 0.25) is 0 Å². The van der Waals surface area contributed by atoms with Gasteiger partial charge in [-0.3, -0.25) is 10.1 Å². The third-order valence-electron chi connectivity index (χ3n) is 5.53. The van der Waals surface area contributed by atoms with Crippen LogP contribution in [0.4, 0.5) is 5.69 Å². The monoisotopic (exact) mass is 568 g/mol. The summed E-state index contributed by atoms with van der Waals surface area (Å²) in [5, 5.41) is 6.00. The Kier molecular flexibility index (Phi) is 11.7. The number of thiocarbonyl (C=S) groups is 1. The van der Waals surface area contributed by atoms with E-state index in [0.29, 0.717) is 24.5 Å². The summed E-state index contributed by atoms with van der Waals surface area (Å²) >= 11 is 8.80. The first-order chi connectivity index (χ1) is 17.5. The molecule has 0 aliphatic heterocycles. The molecule has 7 heteroatoms. The maximum Gasteiger partial charge on any atom is 0.261 e. The van der Waals surface area contributed by atoms with Crippen molar-refractivity contribution in [3.05, 3.63) is 88.4 Å². The Labute approximate surface area is 227 Å². The van der Waals surface area contributed by atoms with E-state index in [1.54, 1.807) is 12.1 Å². The second-order valence-electron chi connectivity index (χ2n) is 8.42. The van der Waals surface area contributed by atoms with E-state index in [-0.39, 0.29) is 11.0 Å². The normalized spacial score (nSPS) is 10.5. The van der Waals surface area contributed by atoms with Crippen LogP contribution in [-0.4, -0.2) is 24.2 Å². The van der Waals surface area contributed by atoms with E-state index in [1.165, 1.54) is 31.2 Å². The molecule has 3 rings (SSSR count). The number of hydrogen-bond acceptors (Lipinski definition) is 4. The zero-order chi connectivity index (χ0) is 25.6. The fraction of sp³-hybridized carbons (Fsp3) is 0.310. The van der Waals surface area contributed by atoms with Gasteiger partial charge in [-0.1, -0.05) is 78.9 Å². The molecular formula is C29H33BrN2O3S. The number of anilines is 1. The van der Waals surface area contributed by atoms with E-state index < -0.39 is 0 Å². The third-order valence-corrected chi connectivity index (χ3v) is 6.23. The van der Waals surface area contributed by atoms with Crippen LogP contribution < -0.4 is 20.1 Å². The Balaban J connectivity index is 1.48. The van der Waals surface area contributed by atoms with Crippen LogP contribution in [0.3, 0.4) is 0 Å². The van der Waals surface area contributed by atoms with Gasteiger partial charge >= 0.3 is 0 Å². The molecule has 0 spiro atoms. The summed E-state index contributed by atoms with van der Waals surface area (Å²) in [5.74, 6) is 0.981. The first-order valence-corrected chi connectivity index (χ1v) is 13.6. The molecule has 0 heterocycles. The number of halogens is 1. The van der Waals surface area contributed by atoms with Gasteiger partial charge in [0.05, 0.1) is 18.8 Å². The van der Waals surface area contributed by atoms with Crippen molar-refractivity contribution in [1.82, 2.24) is 5.32 Å². The van der Waals surface area contributed by atoms with Crippen molar-refractivity contribution >= 4 is 44.9 Å². The Morgan fingerprint density at radius 1 is 0.889 bits per heavy atom. The number of nitrogens with one attached hydrogen (secondary N) is 2. The fourth-order valence-electron chi connectivity index (χ4n) is 3.59. The van der Waals surface area contributed by atoms with Crippen molar-refractivity contribution in [3.8, 4) is 11.5 Å². The van der Waals surface area contributed by atoms with Crippen molar-refractivity contribution in [2.75, 3.05) is 18.5 Å². The van der Waals surface area contributed by atoms with Gasteiger partial charge in [0.25, 0.3) is 5.91 Å². The highest BCUT2D eigenvalue weighted by atomic mass is 79.9. The second kappa shape index (κ2) is 15.3. The summed E-state index contributed by atoms with van der Waals surface area (Å²) in [7, 11) is 0. The molecule has 0 saturated carbocycles. The Bertz CT molecular complexity index is 1110. The van der Waals surface area contributed by atoms with Crippen LogP contribution >= 0.6 is 28.1 Å². The van der Waals surface area contributed by atoms with Crippen LogP contribution in [-0.2, 0) is 6.42 Å². The van der Waals surface area contributed by atoms with Gasteiger partial charge in [-0.2, -0.15) is 0 Å². The molecule has 3 aromatic rings. The molecule has 0 fully saturated rings. The summed E-state index contributed by atoms with van der Waals surface area (Å²) in [4.78, 5) is 13.0. The topological polar surface area (TPSA) is 59.6 Å². The lowest BCUT2D eigenvalue weighted by molar-refractivity contribution is 0.0973. The Morgan fingerprint density at radius 2 is 1.64 bits per heavy atom. The number of amides is 1. The van der Waals surface area contributed by atoms with Crippen molar-refractivity contribution in [1.29, 1.82) is 0 Å². The fourth-order valence-corrected chi connectivity index (χ4v) is 4.16. The van der Waals surface area contributed by atoms with Crippen LogP contribution in [0, 0.1) is 0 Å². The number of carbonyl (C=O) groups excluding carboxylic acids is 1. The van der Waals surface area contributed by atoms with E-state index in [2.05, 4.69) is 45.6 Å². The van der Waals surface area contributed by atoms with Gasteiger partial charge in [0.15, 0.2) is 5.11 Å². The van der Waals surface area contributed by atoms with Crippen molar-refractivity contribution in [3.63, 3.8) is 0 Å². The van der Waals surface area contributed by atoms with Gasteiger partial charge < -0.3 is 14.8 Å². The summed E-state index contributed by atoms with van der Waals surface area (Å²) in [6, 6.07) is 23.0. The molecule has 5 nitrogen and oxygen atoms in total. The molecule has 190 valence electrons. The van der Waals surface area contributed by atoms with E-state index >= 15 is 0 Å². The molecule has 1 amide bonds. The molecule has 0 radical (unpaired) electrons. The van der Waals surface area contributed by atoms with Gasteiger partial charge in [-0.15, -0.1) is 0 Å². The minimum atomic E-state index is -0.341. The Hall–Kier alpha value is -2.90. The SMILES string of the molecule is CCCCCCCOc1ccc(NC(=S)NC(=O)c2cc(Br)ccc2OCCc2ccccc2)cc1. The lowest BCUT2D eigenvalue weighted by Crippen LogP contribution is -2.34. The smallest absolute Gasteiger partial charge is 0.261 e.